The standard InChI is InChI=1S/C12H22N2O3/c1-9(2)12(17)14(4)8-7-13-11(16)6-5-10(3)15/h9H,5-8H2,1-4H3,(H,13,16). The molecule has 0 spiro atoms. The molecule has 2 amide bonds. The number of nitrogens with zero attached hydrogens (tertiary/aromatic N) is 1. The Balaban J connectivity index is 3.73. The van der Waals surface area contributed by atoms with Gasteiger partial charge in [0.15, 0.2) is 0 Å². The van der Waals surface area contributed by atoms with Crippen molar-refractivity contribution in [1.29, 1.82) is 0 Å². The molecule has 5 heteroatoms. The van der Waals surface area contributed by atoms with Gasteiger partial charge in [-0.05, 0) is 6.92 Å². The van der Waals surface area contributed by atoms with Gasteiger partial charge in [0.05, 0.1) is 0 Å². The van der Waals surface area contributed by atoms with Crippen LogP contribution in [0.1, 0.15) is 33.6 Å². The smallest absolute Gasteiger partial charge is 0.224 e. The van der Waals surface area contributed by atoms with Gasteiger partial charge in [0.1, 0.15) is 5.78 Å². The number of amides is 2. The van der Waals surface area contributed by atoms with Gasteiger partial charge in [0.2, 0.25) is 11.8 Å². The van der Waals surface area contributed by atoms with E-state index in [2.05, 4.69) is 5.32 Å². The molecule has 0 aromatic rings. The average Bonchev–Trinajstić information content (AvgIpc) is 2.24. The van der Waals surface area contributed by atoms with E-state index in [1.165, 1.54) is 6.92 Å². The van der Waals surface area contributed by atoms with E-state index in [0.717, 1.165) is 0 Å². The number of carbonyl (C=O) groups is 3. The van der Waals surface area contributed by atoms with E-state index < -0.39 is 0 Å². The minimum absolute atomic E-state index is 0.00672. The number of likely N-dealkylation sites (N-methyl/N-ethyl adjacent to an activating group) is 1. The van der Waals surface area contributed by atoms with Crippen molar-refractivity contribution in [2.24, 2.45) is 5.92 Å². The summed E-state index contributed by atoms with van der Waals surface area (Å²) in [6.45, 7) is 6.05. The Kier molecular flexibility index (Phi) is 7.18. The van der Waals surface area contributed by atoms with Crippen LogP contribution in [-0.2, 0) is 14.4 Å². The minimum atomic E-state index is -0.148. The second-order valence-corrected chi connectivity index (χ2v) is 4.47. The molecule has 0 rings (SSSR count). The highest BCUT2D eigenvalue weighted by Crippen LogP contribution is 1.97. The Morgan fingerprint density at radius 2 is 1.76 bits per heavy atom. The number of carbonyl (C=O) groups excluding carboxylic acids is 3. The van der Waals surface area contributed by atoms with Crippen LogP contribution < -0.4 is 5.32 Å². The second-order valence-electron chi connectivity index (χ2n) is 4.47. The summed E-state index contributed by atoms with van der Waals surface area (Å²) in [5.74, 6) is -0.116. The summed E-state index contributed by atoms with van der Waals surface area (Å²) in [6.07, 6.45) is 0.490. The fraction of sp³-hybridized carbons (Fsp3) is 0.750. The molecule has 0 aliphatic rings. The van der Waals surface area contributed by atoms with Crippen LogP contribution in [0.4, 0.5) is 0 Å². The van der Waals surface area contributed by atoms with Crippen molar-refractivity contribution in [2.75, 3.05) is 20.1 Å². The van der Waals surface area contributed by atoms with Gasteiger partial charge in [-0.25, -0.2) is 0 Å². The molecule has 0 unspecified atom stereocenters. The first-order chi connectivity index (χ1) is 7.84. The molecule has 0 radical (unpaired) electrons. The monoisotopic (exact) mass is 242 g/mol. The number of hydrogen-bond donors (Lipinski definition) is 1. The maximum absolute atomic E-state index is 11.5. The fourth-order valence-electron chi connectivity index (χ4n) is 1.29. The molecule has 17 heavy (non-hydrogen) atoms. The van der Waals surface area contributed by atoms with Crippen LogP contribution in [0.15, 0.2) is 0 Å². The Hall–Kier alpha value is -1.39. The summed E-state index contributed by atoms with van der Waals surface area (Å²) in [4.78, 5) is 35.0. The third-order valence-electron chi connectivity index (χ3n) is 2.34. The molecule has 0 aromatic heterocycles. The summed E-state index contributed by atoms with van der Waals surface area (Å²) < 4.78 is 0. The summed E-state index contributed by atoms with van der Waals surface area (Å²) in [7, 11) is 1.71. The summed E-state index contributed by atoms with van der Waals surface area (Å²) in [5.41, 5.74) is 0. The molecule has 0 heterocycles. The van der Waals surface area contributed by atoms with Crippen molar-refractivity contribution in [1.82, 2.24) is 10.2 Å². The number of ketones is 1. The summed E-state index contributed by atoms with van der Waals surface area (Å²) in [6, 6.07) is 0. The normalized spacial score (nSPS) is 10.2. The molecular weight excluding hydrogens is 220 g/mol. The zero-order chi connectivity index (χ0) is 13.4. The summed E-state index contributed by atoms with van der Waals surface area (Å²) in [5, 5.41) is 2.68. The van der Waals surface area contributed by atoms with E-state index in [0.29, 0.717) is 13.1 Å². The Bertz CT molecular complexity index is 287. The lowest BCUT2D eigenvalue weighted by molar-refractivity contribution is -0.133. The van der Waals surface area contributed by atoms with Crippen LogP contribution in [0.3, 0.4) is 0 Å². The van der Waals surface area contributed by atoms with Crippen LogP contribution in [0, 0.1) is 5.92 Å². The molecule has 0 saturated heterocycles. The van der Waals surface area contributed by atoms with Crippen molar-refractivity contribution >= 4 is 17.6 Å². The van der Waals surface area contributed by atoms with Crippen LogP contribution in [0.5, 0.6) is 0 Å². The maximum Gasteiger partial charge on any atom is 0.224 e. The molecule has 98 valence electrons. The molecule has 0 fully saturated rings. The lowest BCUT2D eigenvalue weighted by Gasteiger charge is -2.19. The molecule has 0 aliphatic heterocycles. The molecule has 0 bridgehead atoms. The molecule has 0 atom stereocenters. The van der Waals surface area contributed by atoms with Gasteiger partial charge in [-0.2, -0.15) is 0 Å². The zero-order valence-corrected chi connectivity index (χ0v) is 11.1. The van der Waals surface area contributed by atoms with Gasteiger partial charge in [-0.1, -0.05) is 13.8 Å². The topological polar surface area (TPSA) is 66.5 Å². The number of nitrogens with one attached hydrogen (secondary N) is 1. The molecule has 1 N–H and O–H groups in total. The van der Waals surface area contributed by atoms with Crippen molar-refractivity contribution in [3.63, 3.8) is 0 Å². The fourth-order valence-corrected chi connectivity index (χ4v) is 1.29. The third kappa shape index (κ3) is 7.49. The van der Waals surface area contributed by atoms with E-state index >= 15 is 0 Å². The van der Waals surface area contributed by atoms with Crippen LogP contribution in [-0.4, -0.2) is 42.6 Å². The van der Waals surface area contributed by atoms with Crippen LogP contribution in [0.2, 0.25) is 0 Å². The van der Waals surface area contributed by atoms with Crippen molar-refractivity contribution < 1.29 is 14.4 Å². The Morgan fingerprint density at radius 3 is 2.24 bits per heavy atom. The Morgan fingerprint density at radius 1 is 1.18 bits per heavy atom. The minimum Gasteiger partial charge on any atom is -0.354 e. The summed E-state index contributed by atoms with van der Waals surface area (Å²) >= 11 is 0. The number of Topliss-reactive ketones (excluding diaryl/α,β-unsaturated/α-hetero) is 1. The zero-order valence-electron chi connectivity index (χ0n) is 11.1. The highest BCUT2D eigenvalue weighted by atomic mass is 16.2. The van der Waals surface area contributed by atoms with Crippen LogP contribution >= 0.6 is 0 Å². The van der Waals surface area contributed by atoms with Gasteiger partial charge in [-0.3, -0.25) is 9.59 Å². The first-order valence-corrected chi connectivity index (χ1v) is 5.85. The molecule has 0 saturated carbocycles. The highest BCUT2D eigenvalue weighted by molar-refractivity contribution is 5.83. The molecule has 0 aliphatic carbocycles. The van der Waals surface area contributed by atoms with E-state index in [1.807, 2.05) is 13.8 Å². The molecule has 5 nitrogen and oxygen atoms in total. The third-order valence-corrected chi connectivity index (χ3v) is 2.34. The van der Waals surface area contributed by atoms with E-state index in [1.54, 1.807) is 11.9 Å². The average molecular weight is 242 g/mol. The first-order valence-electron chi connectivity index (χ1n) is 5.85. The molecular formula is C12H22N2O3. The quantitative estimate of drug-likeness (QED) is 0.710. The predicted octanol–water partition coefficient (Wildman–Crippen LogP) is 0.586. The largest absolute Gasteiger partial charge is 0.354 e. The molecule has 0 aromatic carbocycles. The highest BCUT2D eigenvalue weighted by Gasteiger charge is 2.12. The Labute approximate surface area is 103 Å². The second kappa shape index (κ2) is 7.81. The maximum atomic E-state index is 11.5. The predicted molar refractivity (Wildman–Crippen MR) is 65.4 cm³/mol. The van der Waals surface area contributed by atoms with Crippen molar-refractivity contribution in [3.8, 4) is 0 Å². The van der Waals surface area contributed by atoms with Crippen LogP contribution in [0.25, 0.3) is 0 Å². The van der Waals surface area contributed by atoms with Gasteiger partial charge in [0, 0.05) is 38.9 Å². The van der Waals surface area contributed by atoms with E-state index in [4.69, 9.17) is 0 Å². The number of hydrogen-bond acceptors (Lipinski definition) is 3. The SMILES string of the molecule is CC(=O)CCC(=O)NCCN(C)C(=O)C(C)C. The van der Waals surface area contributed by atoms with E-state index in [-0.39, 0.29) is 36.4 Å². The first kappa shape index (κ1) is 15.6. The number of rotatable bonds is 7. The lowest BCUT2D eigenvalue weighted by atomic mass is 10.2. The van der Waals surface area contributed by atoms with Gasteiger partial charge in [-0.15, -0.1) is 0 Å². The van der Waals surface area contributed by atoms with Gasteiger partial charge in [0.25, 0.3) is 0 Å². The van der Waals surface area contributed by atoms with E-state index in [9.17, 15) is 14.4 Å². The van der Waals surface area contributed by atoms with Gasteiger partial charge >= 0.3 is 0 Å². The van der Waals surface area contributed by atoms with Crippen molar-refractivity contribution in [2.45, 2.75) is 33.6 Å². The lowest BCUT2D eigenvalue weighted by Crippen LogP contribution is -2.37. The van der Waals surface area contributed by atoms with Crippen molar-refractivity contribution in [3.05, 3.63) is 0 Å². The van der Waals surface area contributed by atoms with Gasteiger partial charge < -0.3 is 15.0 Å².